The third kappa shape index (κ3) is 5.85. The second-order valence-electron chi connectivity index (χ2n) is 6.41. The van der Waals surface area contributed by atoms with Gasteiger partial charge in [-0.15, -0.1) is 0 Å². The number of carbonyl (C=O) groups excluding carboxylic acids is 1. The Kier molecular flexibility index (Phi) is 7.70. The molecule has 0 aliphatic carbocycles. The molecule has 0 atom stereocenters. The minimum atomic E-state index is -4.88. The third-order valence-electron chi connectivity index (χ3n) is 4.28. The van der Waals surface area contributed by atoms with E-state index in [4.69, 9.17) is 11.6 Å². The van der Waals surface area contributed by atoms with Gasteiger partial charge in [-0.05, 0) is 43.7 Å². The molecule has 30 heavy (non-hydrogen) atoms. The number of amides is 1. The van der Waals surface area contributed by atoms with Crippen molar-refractivity contribution in [2.24, 2.45) is 0 Å². The predicted molar refractivity (Wildman–Crippen MR) is 108 cm³/mol. The molecule has 1 aromatic carbocycles. The van der Waals surface area contributed by atoms with E-state index in [0.29, 0.717) is 18.4 Å². The number of unbranched alkanes of at least 4 members (excludes halogenated alkanes) is 1. The van der Waals surface area contributed by atoms with Gasteiger partial charge >= 0.3 is 6.18 Å². The lowest BCUT2D eigenvalue weighted by Crippen LogP contribution is -2.32. The van der Waals surface area contributed by atoms with Crippen LogP contribution in [-0.4, -0.2) is 32.4 Å². The fraction of sp³-hybridized carbons (Fsp3) is 0.368. The minimum Gasteiger partial charge on any atom is -0.357 e. The normalized spacial score (nSPS) is 11.9. The van der Waals surface area contributed by atoms with Gasteiger partial charge in [0.15, 0.2) is 0 Å². The van der Waals surface area contributed by atoms with Crippen LogP contribution in [-0.2, 0) is 16.2 Å². The molecule has 11 heteroatoms. The Hall–Kier alpha value is -2.33. The molecule has 2 rings (SSSR count). The average Bonchev–Trinajstić information content (AvgIpc) is 2.68. The molecule has 0 aliphatic rings. The smallest absolute Gasteiger partial charge is 0.357 e. The quantitative estimate of drug-likeness (QED) is 0.623. The molecule has 0 unspecified atom stereocenters. The number of sulfonamides is 1. The molecular formula is C19H21ClF3N3O3S. The number of pyridine rings is 1. The Balaban J connectivity index is 2.26. The summed E-state index contributed by atoms with van der Waals surface area (Å²) in [7, 11) is -4.43. The summed E-state index contributed by atoms with van der Waals surface area (Å²) in [5.74, 6) is -0.852. The number of hydrogen-bond donors (Lipinski definition) is 1. The molecule has 0 fully saturated rings. The van der Waals surface area contributed by atoms with Crippen molar-refractivity contribution in [1.82, 2.24) is 9.71 Å². The van der Waals surface area contributed by atoms with Crippen LogP contribution < -0.4 is 9.62 Å². The topological polar surface area (TPSA) is 79.4 Å². The lowest BCUT2D eigenvalue weighted by molar-refractivity contribution is -0.137. The highest BCUT2D eigenvalue weighted by atomic mass is 35.5. The van der Waals surface area contributed by atoms with E-state index in [1.807, 2.05) is 18.7 Å². The zero-order valence-corrected chi connectivity index (χ0v) is 17.9. The largest absolute Gasteiger partial charge is 0.417 e. The number of benzene rings is 1. The number of hydrogen-bond acceptors (Lipinski definition) is 5. The van der Waals surface area contributed by atoms with Gasteiger partial charge in [0.2, 0.25) is 0 Å². The third-order valence-corrected chi connectivity index (χ3v) is 5.83. The number of rotatable bonds is 8. The van der Waals surface area contributed by atoms with Crippen LogP contribution in [0.5, 0.6) is 0 Å². The minimum absolute atomic E-state index is 0.231. The summed E-state index contributed by atoms with van der Waals surface area (Å²) in [6.07, 6.45) is -1.90. The number of halogens is 4. The van der Waals surface area contributed by atoms with Gasteiger partial charge in [0.25, 0.3) is 15.9 Å². The van der Waals surface area contributed by atoms with E-state index in [-0.39, 0.29) is 9.92 Å². The van der Waals surface area contributed by atoms with Gasteiger partial charge in [-0.1, -0.05) is 24.9 Å². The van der Waals surface area contributed by atoms with E-state index in [0.717, 1.165) is 37.7 Å². The molecule has 1 N–H and O–H groups in total. The van der Waals surface area contributed by atoms with Gasteiger partial charge < -0.3 is 4.90 Å². The fourth-order valence-electron chi connectivity index (χ4n) is 2.69. The van der Waals surface area contributed by atoms with Crippen molar-refractivity contribution in [1.29, 1.82) is 0 Å². The zero-order chi connectivity index (χ0) is 22.5. The van der Waals surface area contributed by atoms with E-state index in [9.17, 15) is 26.4 Å². The molecule has 0 saturated carbocycles. The number of anilines is 1. The van der Waals surface area contributed by atoms with Crippen molar-refractivity contribution in [2.75, 3.05) is 18.0 Å². The molecule has 0 spiro atoms. The van der Waals surface area contributed by atoms with Crippen LogP contribution in [0.1, 0.15) is 42.6 Å². The maximum atomic E-state index is 13.2. The standard InChI is InChI=1S/C19H21ClF3N3O3S/c1-3-5-10-26(4-2)17-9-7-14(12-24-17)30(28,29)25-18(27)15-8-6-13(20)11-16(15)19(21,22)23/h6-9,11-12H,3-5,10H2,1-2H3,(H,25,27). The molecule has 1 aromatic heterocycles. The Morgan fingerprint density at radius 2 is 1.90 bits per heavy atom. The molecule has 1 amide bonds. The van der Waals surface area contributed by atoms with E-state index >= 15 is 0 Å². The lowest BCUT2D eigenvalue weighted by Gasteiger charge is -2.21. The summed E-state index contributed by atoms with van der Waals surface area (Å²) in [5.41, 5.74) is -2.18. The van der Waals surface area contributed by atoms with Crippen LogP contribution in [0.3, 0.4) is 0 Å². The summed E-state index contributed by atoms with van der Waals surface area (Å²) in [6, 6.07) is 5.20. The maximum Gasteiger partial charge on any atom is 0.417 e. The number of nitrogens with zero attached hydrogens (tertiary/aromatic N) is 2. The van der Waals surface area contributed by atoms with Gasteiger partial charge in [-0.3, -0.25) is 4.79 Å². The van der Waals surface area contributed by atoms with Gasteiger partial charge in [0, 0.05) is 24.3 Å². The zero-order valence-electron chi connectivity index (χ0n) is 16.3. The van der Waals surface area contributed by atoms with E-state index in [1.165, 1.54) is 12.1 Å². The van der Waals surface area contributed by atoms with Crippen molar-refractivity contribution in [2.45, 2.75) is 37.8 Å². The highest BCUT2D eigenvalue weighted by molar-refractivity contribution is 7.90. The lowest BCUT2D eigenvalue weighted by atomic mass is 10.1. The van der Waals surface area contributed by atoms with Crippen molar-refractivity contribution < 1.29 is 26.4 Å². The van der Waals surface area contributed by atoms with E-state index in [1.54, 1.807) is 4.72 Å². The maximum absolute atomic E-state index is 13.2. The second-order valence-corrected chi connectivity index (χ2v) is 8.53. The molecule has 0 bridgehead atoms. The second kappa shape index (κ2) is 9.65. The Morgan fingerprint density at radius 1 is 1.20 bits per heavy atom. The number of aromatic nitrogens is 1. The van der Waals surface area contributed by atoms with Gasteiger partial charge in [-0.2, -0.15) is 13.2 Å². The summed E-state index contributed by atoms with van der Waals surface area (Å²) in [6.45, 7) is 5.41. The molecule has 0 saturated heterocycles. The summed E-state index contributed by atoms with van der Waals surface area (Å²) in [5, 5.41) is -0.231. The average molecular weight is 464 g/mol. The molecule has 2 aromatic rings. The molecule has 0 radical (unpaired) electrons. The molecule has 0 aliphatic heterocycles. The van der Waals surface area contributed by atoms with Crippen LogP contribution in [0.15, 0.2) is 41.4 Å². The highest BCUT2D eigenvalue weighted by Crippen LogP contribution is 2.34. The SMILES string of the molecule is CCCCN(CC)c1ccc(S(=O)(=O)NC(=O)c2ccc(Cl)cc2C(F)(F)F)cn1. The van der Waals surface area contributed by atoms with Crippen molar-refractivity contribution in [3.63, 3.8) is 0 Å². The van der Waals surface area contributed by atoms with Crippen molar-refractivity contribution in [3.8, 4) is 0 Å². The number of alkyl halides is 3. The van der Waals surface area contributed by atoms with Gasteiger partial charge in [0.05, 0.1) is 11.1 Å². The monoisotopic (exact) mass is 463 g/mol. The fourth-order valence-corrected chi connectivity index (χ4v) is 3.77. The Morgan fingerprint density at radius 3 is 2.43 bits per heavy atom. The van der Waals surface area contributed by atoms with Crippen LogP contribution in [0.2, 0.25) is 5.02 Å². The first-order valence-electron chi connectivity index (χ1n) is 9.14. The molecule has 1 heterocycles. The first-order valence-corrected chi connectivity index (χ1v) is 11.0. The van der Waals surface area contributed by atoms with Gasteiger partial charge in [-0.25, -0.2) is 18.1 Å². The van der Waals surface area contributed by atoms with Crippen molar-refractivity contribution >= 4 is 33.3 Å². The summed E-state index contributed by atoms with van der Waals surface area (Å²) in [4.78, 5) is 18.0. The van der Waals surface area contributed by atoms with Crippen molar-refractivity contribution in [3.05, 3.63) is 52.7 Å². The first kappa shape index (κ1) is 23.9. The molecular weight excluding hydrogens is 443 g/mol. The molecule has 164 valence electrons. The molecule has 6 nitrogen and oxygen atoms in total. The number of nitrogens with one attached hydrogen (secondary N) is 1. The van der Waals surface area contributed by atoms with Crippen LogP contribution in [0.4, 0.5) is 19.0 Å². The van der Waals surface area contributed by atoms with Crippen LogP contribution in [0, 0.1) is 0 Å². The van der Waals surface area contributed by atoms with E-state index in [2.05, 4.69) is 4.98 Å². The van der Waals surface area contributed by atoms with Crippen LogP contribution >= 0.6 is 11.6 Å². The summed E-state index contributed by atoms with van der Waals surface area (Å²) < 4.78 is 66.2. The highest BCUT2D eigenvalue weighted by Gasteiger charge is 2.36. The number of carbonyl (C=O) groups is 1. The van der Waals surface area contributed by atoms with E-state index < -0.39 is 33.2 Å². The van der Waals surface area contributed by atoms with Crippen LogP contribution in [0.25, 0.3) is 0 Å². The Labute approximate surface area is 178 Å². The summed E-state index contributed by atoms with van der Waals surface area (Å²) >= 11 is 5.58. The predicted octanol–water partition coefficient (Wildman–Crippen LogP) is 4.50. The Bertz CT molecular complexity index is 996. The first-order chi connectivity index (χ1) is 14.0. The van der Waals surface area contributed by atoms with Gasteiger partial charge in [0.1, 0.15) is 10.7 Å².